The normalized spacial score (nSPS) is 23.3. The Morgan fingerprint density at radius 3 is 2.78 bits per heavy atom. The molecule has 0 aromatic carbocycles. The van der Waals surface area contributed by atoms with Crippen LogP contribution in [-0.2, 0) is 0 Å². The van der Waals surface area contributed by atoms with Crippen LogP contribution in [0.4, 0.5) is 0 Å². The van der Waals surface area contributed by atoms with Crippen molar-refractivity contribution in [1.82, 2.24) is 4.90 Å². The smallest absolute Gasteiger partial charge is 0.144 e. The van der Waals surface area contributed by atoms with Crippen LogP contribution >= 0.6 is 0 Å². The average molecular weight is 257 g/mol. The van der Waals surface area contributed by atoms with Crippen molar-refractivity contribution in [2.24, 2.45) is 16.3 Å². The van der Waals surface area contributed by atoms with E-state index in [-0.39, 0.29) is 12.0 Å². The molecule has 0 aliphatic carbocycles. The van der Waals surface area contributed by atoms with Gasteiger partial charge in [0, 0.05) is 11.5 Å². The number of amidine groups is 1. The summed E-state index contributed by atoms with van der Waals surface area (Å²) in [6.45, 7) is 6.29. The molecule has 1 rings (SSSR count). The Balaban J connectivity index is 2.36. The molecule has 4 N–H and O–H groups in total. The quantitative estimate of drug-likeness (QED) is 0.291. The van der Waals surface area contributed by atoms with E-state index in [4.69, 9.17) is 10.9 Å². The van der Waals surface area contributed by atoms with Crippen LogP contribution in [0.15, 0.2) is 5.16 Å². The average Bonchev–Trinajstić information content (AvgIpc) is 2.38. The first kappa shape index (κ1) is 15.2. The van der Waals surface area contributed by atoms with Gasteiger partial charge in [-0.15, -0.1) is 0 Å². The lowest BCUT2D eigenvalue weighted by Gasteiger charge is -2.35. The summed E-state index contributed by atoms with van der Waals surface area (Å²) in [7, 11) is 0. The molecular formula is C13H27N3O2. The maximum atomic E-state index is 9.33. The highest BCUT2D eigenvalue weighted by atomic mass is 16.4. The molecule has 1 atom stereocenters. The molecule has 0 bridgehead atoms. The Morgan fingerprint density at radius 1 is 1.44 bits per heavy atom. The fourth-order valence-corrected chi connectivity index (χ4v) is 2.55. The van der Waals surface area contributed by atoms with Gasteiger partial charge in [0.1, 0.15) is 5.84 Å². The first-order valence-corrected chi connectivity index (χ1v) is 6.84. The van der Waals surface area contributed by atoms with Crippen molar-refractivity contribution in [3.63, 3.8) is 0 Å². The van der Waals surface area contributed by atoms with Gasteiger partial charge in [-0.1, -0.05) is 25.4 Å². The Kier molecular flexibility index (Phi) is 5.88. The van der Waals surface area contributed by atoms with Crippen LogP contribution in [0, 0.1) is 5.41 Å². The minimum Gasteiger partial charge on any atom is -0.409 e. The molecule has 1 saturated heterocycles. The highest BCUT2D eigenvalue weighted by Crippen LogP contribution is 2.24. The SMILES string of the molecule is CC(C)(CCCN1CCCCC1CO)C(N)=NO. The summed E-state index contributed by atoms with van der Waals surface area (Å²) in [4.78, 5) is 2.37. The molecule has 106 valence electrons. The van der Waals surface area contributed by atoms with Gasteiger partial charge in [0.05, 0.1) is 6.61 Å². The van der Waals surface area contributed by atoms with Gasteiger partial charge in [-0.25, -0.2) is 0 Å². The van der Waals surface area contributed by atoms with Crippen LogP contribution in [0.1, 0.15) is 46.0 Å². The summed E-state index contributed by atoms with van der Waals surface area (Å²) in [6.07, 6.45) is 5.43. The van der Waals surface area contributed by atoms with E-state index in [9.17, 15) is 5.11 Å². The van der Waals surface area contributed by atoms with Crippen LogP contribution in [0.25, 0.3) is 0 Å². The third-order valence-electron chi connectivity index (χ3n) is 4.01. The fourth-order valence-electron chi connectivity index (χ4n) is 2.55. The van der Waals surface area contributed by atoms with Gasteiger partial charge in [0.25, 0.3) is 0 Å². The molecule has 0 spiro atoms. The Morgan fingerprint density at radius 2 is 2.17 bits per heavy atom. The van der Waals surface area contributed by atoms with Crippen molar-refractivity contribution in [3.8, 4) is 0 Å². The van der Waals surface area contributed by atoms with Crippen molar-refractivity contribution in [2.75, 3.05) is 19.7 Å². The maximum absolute atomic E-state index is 9.33. The highest BCUT2D eigenvalue weighted by Gasteiger charge is 2.25. The van der Waals surface area contributed by atoms with E-state index in [1.807, 2.05) is 13.8 Å². The standard InChI is InChI=1S/C13H27N3O2/c1-13(2,12(14)15-18)7-5-9-16-8-4-3-6-11(16)10-17/h11,17-18H,3-10H2,1-2H3,(H2,14,15). The maximum Gasteiger partial charge on any atom is 0.144 e. The number of hydrogen-bond acceptors (Lipinski definition) is 4. The number of nitrogens with two attached hydrogens (primary N) is 1. The second kappa shape index (κ2) is 6.95. The van der Waals surface area contributed by atoms with E-state index in [0.717, 1.165) is 32.4 Å². The second-order valence-corrected chi connectivity index (χ2v) is 5.84. The topological polar surface area (TPSA) is 82.1 Å². The van der Waals surface area contributed by atoms with E-state index < -0.39 is 0 Å². The second-order valence-electron chi connectivity index (χ2n) is 5.84. The third kappa shape index (κ3) is 4.14. The lowest BCUT2D eigenvalue weighted by atomic mass is 9.86. The van der Waals surface area contributed by atoms with E-state index in [2.05, 4.69) is 10.1 Å². The van der Waals surface area contributed by atoms with Crippen LogP contribution in [0.2, 0.25) is 0 Å². The molecule has 0 radical (unpaired) electrons. The molecular weight excluding hydrogens is 230 g/mol. The molecule has 1 aliphatic heterocycles. The van der Waals surface area contributed by atoms with Crippen LogP contribution in [0.3, 0.4) is 0 Å². The zero-order valence-corrected chi connectivity index (χ0v) is 11.6. The number of oxime groups is 1. The number of nitrogens with zero attached hydrogens (tertiary/aromatic N) is 2. The van der Waals surface area contributed by atoms with Crippen molar-refractivity contribution >= 4 is 5.84 Å². The van der Waals surface area contributed by atoms with Crippen molar-refractivity contribution < 1.29 is 10.3 Å². The first-order valence-electron chi connectivity index (χ1n) is 6.84. The predicted octanol–water partition coefficient (Wildman–Crippen LogP) is 1.39. The third-order valence-corrected chi connectivity index (χ3v) is 4.01. The summed E-state index contributed by atoms with van der Waals surface area (Å²) in [5.41, 5.74) is 5.41. The van der Waals surface area contributed by atoms with Gasteiger partial charge < -0.3 is 16.0 Å². The van der Waals surface area contributed by atoms with Crippen LogP contribution in [0.5, 0.6) is 0 Å². The minimum absolute atomic E-state index is 0.254. The largest absolute Gasteiger partial charge is 0.409 e. The molecule has 5 nitrogen and oxygen atoms in total. The van der Waals surface area contributed by atoms with Gasteiger partial charge in [0.15, 0.2) is 0 Å². The first-order chi connectivity index (χ1) is 8.51. The Bertz CT molecular complexity index is 279. The Labute approximate surface area is 110 Å². The van der Waals surface area contributed by atoms with Crippen molar-refractivity contribution in [2.45, 2.75) is 52.0 Å². The lowest BCUT2D eigenvalue weighted by molar-refractivity contribution is 0.0871. The number of aliphatic hydroxyl groups excluding tert-OH is 1. The molecule has 0 aromatic rings. The minimum atomic E-state index is -0.265. The molecule has 1 unspecified atom stereocenters. The number of piperidine rings is 1. The van der Waals surface area contributed by atoms with Crippen molar-refractivity contribution in [1.29, 1.82) is 0 Å². The molecule has 1 aliphatic rings. The Hall–Kier alpha value is -0.810. The number of likely N-dealkylation sites (tertiary alicyclic amines) is 1. The van der Waals surface area contributed by atoms with Gasteiger partial charge in [-0.3, -0.25) is 4.90 Å². The summed E-state index contributed by atoms with van der Waals surface area (Å²) in [5.74, 6) is 0.292. The van der Waals surface area contributed by atoms with E-state index in [0.29, 0.717) is 11.9 Å². The summed E-state index contributed by atoms with van der Waals surface area (Å²) >= 11 is 0. The zero-order chi connectivity index (χ0) is 13.6. The van der Waals surface area contributed by atoms with E-state index in [1.165, 1.54) is 12.8 Å². The van der Waals surface area contributed by atoms with Crippen molar-refractivity contribution in [3.05, 3.63) is 0 Å². The molecule has 1 fully saturated rings. The van der Waals surface area contributed by atoms with Gasteiger partial charge in [-0.05, 0) is 38.8 Å². The summed E-state index contributed by atoms with van der Waals surface area (Å²) in [6, 6.07) is 0.325. The summed E-state index contributed by atoms with van der Waals surface area (Å²) in [5, 5.41) is 21.1. The van der Waals surface area contributed by atoms with Crippen LogP contribution in [-0.4, -0.2) is 46.8 Å². The fraction of sp³-hybridized carbons (Fsp3) is 0.923. The number of aliphatic hydroxyl groups is 1. The number of rotatable bonds is 6. The van der Waals surface area contributed by atoms with Gasteiger partial charge in [0.2, 0.25) is 0 Å². The highest BCUT2D eigenvalue weighted by molar-refractivity contribution is 5.85. The van der Waals surface area contributed by atoms with E-state index >= 15 is 0 Å². The summed E-state index contributed by atoms with van der Waals surface area (Å²) < 4.78 is 0. The van der Waals surface area contributed by atoms with Gasteiger partial charge >= 0.3 is 0 Å². The number of hydrogen-bond donors (Lipinski definition) is 3. The molecule has 0 saturated carbocycles. The molecule has 5 heteroatoms. The molecule has 18 heavy (non-hydrogen) atoms. The monoisotopic (exact) mass is 257 g/mol. The van der Waals surface area contributed by atoms with E-state index in [1.54, 1.807) is 0 Å². The molecule has 0 aromatic heterocycles. The van der Waals surface area contributed by atoms with Gasteiger partial charge in [-0.2, -0.15) is 0 Å². The molecule has 0 amide bonds. The van der Waals surface area contributed by atoms with Crippen LogP contribution < -0.4 is 5.73 Å². The zero-order valence-electron chi connectivity index (χ0n) is 11.6. The lowest BCUT2D eigenvalue weighted by Crippen LogP contribution is -2.42. The molecule has 1 heterocycles. The predicted molar refractivity (Wildman–Crippen MR) is 72.7 cm³/mol.